The summed E-state index contributed by atoms with van der Waals surface area (Å²) in [4.78, 5) is 26.4. The second-order valence-corrected chi connectivity index (χ2v) is 6.01. The summed E-state index contributed by atoms with van der Waals surface area (Å²) < 4.78 is 8.37. The van der Waals surface area contributed by atoms with Gasteiger partial charge in [0.2, 0.25) is 0 Å². The van der Waals surface area contributed by atoms with Crippen LogP contribution in [0.1, 0.15) is 32.4 Å². The van der Waals surface area contributed by atoms with Crippen LogP contribution in [-0.2, 0) is 24.9 Å². The standard InChI is InChI=1S/C16H22N6O3/c1-11-8-14(18-20(11)2)16(24)21-5-6-22-12(10-21)9-13(19-22)15(23)17-4-7-25-3/h8-9H,4-7,10H2,1-3H3,(H,17,23). The van der Waals surface area contributed by atoms with Crippen LogP contribution in [-0.4, -0.2) is 63.1 Å². The number of amides is 2. The van der Waals surface area contributed by atoms with Crippen LogP contribution in [0, 0.1) is 6.92 Å². The Bertz CT molecular complexity index is 774. The molecule has 0 aromatic carbocycles. The largest absolute Gasteiger partial charge is 0.383 e. The van der Waals surface area contributed by atoms with E-state index in [1.54, 1.807) is 33.5 Å². The van der Waals surface area contributed by atoms with E-state index in [9.17, 15) is 9.59 Å². The molecule has 0 aliphatic carbocycles. The minimum Gasteiger partial charge on any atom is -0.383 e. The second kappa shape index (κ2) is 7.06. The molecule has 2 amide bonds. The van der Waals surface area contributed by atoms with Crippen LogP contribution in [0.15, 0.2) is 12.1 Å². The quantitative estimate of drug-likeness (QED) is 0.767. The average Bonchev–Trinajstić information content (AvgIpc) is 3.17. The van der Waals surface area contributed by atoms with Gasteiger partial charge in [-0.1, -0.05) is 0 Å². The summed E-state index contributed by atoms with van der Waals surface area (Å²) in [6, 6.07) is 3.51. The van der Waals surface area contributed by atoms with Crippen molar-refractivity contribution in [1.29, 1.82) is 0 Å². The predicted octanol–water partition coefficient (Wildman–Crippen LogP) is -0.0428. The van der Waals surface area contributed by atoms with Gasteiger partial charge >= 0.3 is 0 Å². The molecule has 0 saturated heterocycles. The lowest BCUT2D eigenvalue weighted by Gasteiger charge is -2.26. The Kier molecular flexibility index (Phi) is 4.84. The van der Waals surface area contributed by atoms with Gasteiger partial charge in [0, 0.05) is 32.9 Å². The molecular weight excluding hydrogens is 324 g/mol. The van der Waals surface area contributed by atoms with Gasteiger partial charge in [0.25, 0.3) is 11.8 Å². The fraction of sp³-hybridized carbons (Fsp3) is 0.500. The van der Waals surface area contributed by atoms with Crippen LogP contribution >= 0.6 is 0 Å². The maximum atomic E-state index is 12.6. The van der Waals surface area contributed by atoms with Crippen molar-refractivity contribution >= 4 is 11.8 Å². The fourth-order valence-corrected chi connectivity index (χ4v) is 2.73. The Balaban J connectivity index is 1.69. The number of nitrogens with zero attached hydrogens (tertiary/aromatic N) is 5. The molecule has 3 rings (SSSR count). The number of aryl methyl sites for hydroxylation is 2. The van der Waals surface area contributed by atoms with Gasteiger partial charge in [-0.15, -0.1) is 0 Å². The number of fused-ring (bicyclic) bond motifs is 1. The van der Waals surface area contributed by atoms with E-state index in [-0.39, 0.29) is 11.8 Å². The number of carbonyl (C=O) groups excluding carboxylic acids is 2. The molecule has 1 aliphatic rings. The van der Waals surface area contributed by atoms with Crippen molar-refractivity contribution in [2.75, 3.05) is 26.8 Å². The molecule has 9 heteroatoms. The van der Waals surface area contributed by atoms with Crippen LogP contribution in [0.25, 0.3) is 0 Å². The lowest BCUT2D eigenvalue weighted by molar-refractivity contribution is 0.0698. The van der Waals surface area contributed by atoms with Crippen molar-refractivity contribution in [2.45, 2.75) is 20.0 Å². The van der Waals surface area contributed by atoms with Gasteiger partial charge in [0.15, 0.2) is 11.4 Å². The molecule has 0 saturated carbocycles. The first-order chi connectivity index (χ1) is 12.0. The Morgan fingerprint density at radius 3 is 2.72 bits per heavy atom. The first kappa shape index (κ1) is 17.2. The van der Waals surface area contributed by atoms with E-state index in [0.717, 1.165) is 11.4 Å². The SMILES string of the molecule is COCCNC(=O)c1cc2n(n1)CCN(C(=O)c1cc(C)n(C)n1)C2. The van der Waals surface area contributed by atoms with Crippen molar-refractivity contribution in [1.82, 2.24) is 29.8 Å². The zero-order chi connectivity index (χ0) is 18.0. The van der Waals surface area contributed by atoms with Crippen molar-refractivity contribution < 1.29 is 14.3 Å². The molecule has 0 radical (unpaired) electrons. The van der Waals surface area contributed by atoms with Crippen molar-refractivity contribution in [3.63, 3.8) is 0 Å². The topological polar surface area (TPSA) is 94.3 Å². The molecule has 0 bridgehead atoms. The van der Waals surface area contributed by atoms with Gasteiger partial charge in [-0.05, 0) is 19.1 Å². The van der Waals surface area contributed by atoms with E-state index >= 15 is 0 Å². The summed E-state index contributed by atoms with van der Waals surface area (Å²) in [5, 5.41) is 11.3. The van der Waals surface area contributed by atoms with E-state index < -0.39 is 0 Å². The molecule has 9 nitrogen and oxygen atoms in total. The maximum absolute atomic E-state index is 12.6. The minimum absolute atomic E-state index is 0.109. The van der Waals surface area contributed by atoms with E-state index in [4.69, 9.17) is 4.74 Å². The third-order valence-electron chi connectivity index (χ3n) is 4.24. The molecule has 0 fully saturated rings. The Morgan fingerprint density at radius 2 is 2.04 bits per heavy atom. The van der Waals surface area contributed by atoms with Crippen LogP contribution in [0.4, 0.5) is 0 Å². The van der Waals surface area contributed by atoms with Crippen molar-refractivity contribution in [2.24, 2.45) is 7.05 Å². The third-order valence-corrected chi connectivity index (χ3v) is 4.24. The number of nitrogens with one attached hydrogen (secondary N) is 1. The number of carbonyl (C=O) groups is 2. The first-order valence-corrected chi connectivity index (χ1v) is 8.13. The number of hydrogen-bond acceptors (Lipinski definition) is 5. The Morgan fingerprint density at radius 1 is 1.24 bits per heavy atom. The van der Waals surface area contributed by atoms with Crippen LogP contribution < -0.4 is 5.32 Å². The number of aromatic nitrogens is 4. The highest BCUT2D eigenvalue weighted by Crippen LogP contribution is 2.16. The lowest BCUT2D eigenvalue weighted by atomic mass is 10.2. The summed E-state index contributed by atoms with van der Waals surface area (Å²) in [6.07, 6.45) is 0. The van der Waals surface area contributed by atoms with Crippen molar-refractivity contribution in [3.05, 3.63) is 34.9 Å². The summed E-state index contributed by atoms with van der Waals surface area (Å²) in [6.45, 7) is 4.29. The van der Waals surface area contributed by atoms with Gasteiger partial charge in [0.1, 0.15) is 0 Å². The predicted molar refractivity (Wildman–Crippen MR) is 89.1 cm³/mol. The zero-order valence-corrected chi connectivity index (χ0v) is 14.7. The molecule has 0 spiro atoms. The molecule has 3 heterocycles. The molecule has 2 aromatic rings. The number of hydrogen-bond donors (Lipinski definition) is 1. The molecule has 25 heavy (non-hydrogen) atoms. The van der Waals surface area contributed by atoms with E-state index in [1.165, 1.54) is 0 Å². The summed E-state index contributed by atoms with van der Waals surface area (Å²) in [5.41, 5.74) is 2.56. The molecule has 1 aliphatic heterocycles. The second-order valence-electron chi connectivity index (χ2n) is 6.01. The molecule has 1 N–H and O–H groups in total. The molecule has 0 unspecified atom stereocenters. The summed E-state index contributed by atoms with van der Waals surface area (Å²) in [7, 11) is 3.39. The monoisotopic (exact) mass is 346 g/mol. The number of methoxy groups -OCH3 is 1. The summed E-state index contributed by atoms with van der Waals surface area (Å²) in [5.74, 6) is -0.348. The van der Waals surface area contributed by atoms with E-state index in [2.05, 4.69) is 15.5 Å². The molecule has 2 aromatic heterocycles. The minimum atomic E-state index is -0.239. The van der Waals surface area contributed by atoms with Gasteiger partial charge < -0.3 is 15.0 Å². The molecule has 0 atom stereocenters. The van der Waals surface area contributed by atoms with Gasteiger partial charge in [-0.3, -0.25) is 19.0 Å². The normalized spacial score (nSPS) is 13.6. The highest BCUT2D eigenvalue weighted by atomic mass is 16.5. The highest BCUT2D eigenvalue weighted by molar-refractivity contribution is 5.93. The van der Waals surface area contributed by atoms with Crippen LogP contribution in [0.2, 0.25) is 0 Å². The van der Waals surface area contributed by atoms with E-state index in [0.29, 0.717) is 44.2 Å². The first-order valence-electron chi connectivity index (χ1n) is 8.13. The molecule has 134 valence electrons. The molecular formula is C16H22N6O3. The zero-order valence-electron chi connectivity index (χ0n) is 14.7. The Hall–Kier alpha value is -2.68. The van der Waals surface area contributed by atoms with E-state index in [1.807, 2.05) is 14.0 Å². The fourth-order valence-electron chi connectivity index (χ4n) is 2.73. The van der Waals surface area contributed by atoms with Crippen LogP contribution in [0.5, 0.6) is 0 Å². The van der Waals surface area contributed by atoms with Gasteiger partial charge in [0.05, 0.1) is 25.4 Å². The van der Waals surface area contributed by atoms with Crippen LogP contribution in [0.3, 0.4) is 0 Å². The average molecular weight is 346 g/mol. The van der Waals surface area contributed by atoms with Gasteiger partial charge in [-0.25, -0.2) is 0 Å². The summed E-state index contributed by atoms with van der Waals surface area (Å²) >= 11 is 0. The third kappa shape index (κ3) is 3.55. The number of ether oxygens (including phenoxy) is 1. The number of rotatable bonds is 5. The maximum Gasteiger partial charge on any atom is 0.274 e. The van der Waals surface area contributed by atoms with Gasteiger partial charge in [-0.2, -0.15) is 10.2 Å². The highest BCUT2D eigenvalue weighted by Gasteiger charge is 2.26. The van der Waals surface area contributed by atoms with Crippen molar-refractivity contribution in [3.8, 4) is 0 Å². The lowest BCUT2D eigenvalue weighted by Crippen LogP contribution is -2.38. The Labute approximate surface area is 145 Å². The smallest absolute Gasteiger partial charge is 0.274 e.